The van der Waals surface area contributed by atoms with Crippen LogP contribution in [0.3, 0.4) is 0 Å². The molecule has 3 rings (SSSR count). The monoisotopic (exact) mass is 385 g/mol. The van der Waals surface area contributed by atoms with Gasteiger partial charge < -0.3 is 4.42 Å². The molecule has 5 nitrogen and oxygen atoms in total. The molecule has 0 saturated heterocycles. The molecule has 0 spiro atoms. The van der Waals surface area contributed by atoms with E-state index in [1.54, 1.807) is 18.2 Å². The van der Waals surface area contributed by atoms with Crippen molar-refractivity contribution in [2.45, 2.75) is 26.2 Å². The summed E-state index contributed by atoms with van der Waals surface area (Å²) < 4.78 is 30.2. The topological polar surface area (TPSA) is 67.6 Å². The lowest BCUT2D eigenvalue weighted by Gasteiger charge is -2.19. The Kier molecular flexibility index (Phi) is 4.64. The summed E-state index contributed by atoms with van der Waals surface area (Å²) in [6.07, 6.45) is 2.55. The smallest absolute Gasteiger partial charge is 0.231 e. The molecule has 6 heteroatoms. The average Bonchev–Trinajstić information content (AvgIpc) is 2.59. The summed E-state index contributed by atoms with van der Waals surface area (Å²) in [4.78, 5) is 12.9. The van der Waals surface area contributed by atoms with E-state index in [4.69, 9.17) is 4.42 Å². The van der Waals surface area contributed by atoms with Crippen molar-refractivity contribution in [3.63, 3.8) is 0 Å². The van der Waals surface area contributed by atoms with Crippen molar-refractivity contribution in [1.82, 2.24) is 0 Å². The number of rotatable bonds is 3. The molecule has 0 bridgehead atoms. The van der Waals surface area contributed by atoms with E-state index >= 15 is 0 Å². The molecule has 0 aliphatic heterocycles. The zero-order valence-corrected chi connectivity index (χ0v) is 16.9. The van der Waals surface area contributed by atoms with Gasteiger partial charge in [0.25, 0.3) is 0 Å². The number of fused-ring (bicyclic) bond motifs is 1. The van der Waals surface area contributed by atoms with Gasteiger partial charge in [0.15, 0.2) is 5.43 Å². The molecular formula is C21H23NO4S. The predicted molar refractivity (Wildman–Crippen MR) is 110 cm³/mol. The molecule has 0 N–H and O–H groups in total. The van der Waals surface area contributed by atoms with Gasteiger partial charge in [0, 0.05) is 13.1 Å². The summed E-state index contributed by atoms with van der Waals surface area (Å²) in [5, 5.41) is 0.415. The van der Waals surface area contributed by atoms with Crippen LogP contribution in [0.15, 0.2) is 57.9 Å². The lowest BCUT2D eigenvalue weighted by Crippen LogP contribution is -2.24. The molecule has 0 amide bonds. The molecule has 27 heavy (non-hydrogen) atoms. The minimum Gasteiger partial charge on any atom is -0.463 e. The van der Waals surface area contributed by atoms with Gasteiger partial charge in [0.1, 0.15) is 11.8 Å². The van der Waals surface area contributed by atoms with Gasteiger partial charge in [-0.3, -0.25) is 9.10 Å². The third kappa shape index (κ3) is 3.76. The molecule has 0 unspecified atom stereocenters. The molecule has 2 aromatic carbocycles. The molecule has 142 valence electrons. The minimum atomic E-state index is -3.39. The Morgan fingerprint density at radius 1 is 1.00 bits per heavy atom. The molecule has 1 aromatic heterocycles. The van der Waals surface area contributed by atoms with E-state index in [0.717, 1.165) is 16.1 Å². The Bertz CT molecular complexity index is 1150. The summed E-state index contributed by atoms with van der Waals surface area (Å²) >= 11 is 0. The fourth-order valence-electron chi connectivity index (χ4n) is 2.85. The van der Waals surface area contributed by atoms with E-state index in [-0.39, 0.29) is 10.8 Å². The molecule has 0 aliphatic carbocycles. The van der Waals surface area contributed by atoms with Gasteiger partial charge in [-0.25, -0.2) is 8.42 Å². The Balaban J connectivity index is 2.07. The van der Waals surface area contributed by atoms with E-state index in [1.807, 2.05) is 24.3 Å². The van der Waals surface area contributed by atoms with Crippen LogP contribution in [0.25, 0.3) is 22.1 Å². The lowest BCUT2D eigenvalue weighted by molar-refractivity contribution is 0.590. The van der Waals surface area contributed by atoms with Gasteiger partial charge in [0.2, 0.25) is 10.0 Å². The molecule has 0 aliphatic rings. The molecule has 0 atom stereocenters. The van der Waals surface area contributed by atoms with E-state index < -0.39 is 10.0 Å². The number of hydrogen-bond donors (Lipinski definition) is 0. The number of nitrogens with zero attached hydrogens (tertiary/aromatic N) is 1. The van der Waals surface area contributed by atoms with Crippen molar-refractivity contribution < 1.29 is 12.8 Å². The summed E-state index contributed by atoms with van der Waals surface area (Å²) in [5.41, 5.74) is 3.13. The quantitative estimate of drug-likeness (QED) is 0.679. The van der Waals surface area contributed by atoms with Gasteiger partial charge in [-0.1, -0.05) is 45.0 Å². The van der Waals surface area contributed by atoms with Gasteiger partial charge >= 0.3 is 0 Å². The van der Waals surface area contributed by atoms with Crippen LogP contribution >= 0.6 is 0 Å². The predicted octanol–water partition coefficient (Wildman–Crippen LogP) is 4.15. The van der Waals surface area contributed by atoms with Crippen LogP contribution in [0.2, 0.25) is 0 Å². The van der Waals surface area contributed by atoms with Crippen LogP contribution in [0.1, 0.15) is 26.3 Å². The van der Waals surface area contributed by atoms with Crippen LogP contribution in [0.4, 0.5) is 5.69 Å². The minimum absolute atomic E-state index is 0.0363. The number of benzene rings is 2. The first kappa shape index (κ1) is 19.2. The van der Waals surface area contributed by atoms with Gasteiger partial charge in [0.05, 0.1) is 22.9 Å². The first-order valence-corrected chi connectivity index (χ1v) is 10.4. The molecule has 0 radical (unpaired) electrons. The first-order valence-electron chi connectivity index (χ1n) is 8.59. The zero-order chi connectivity index (χ0) is 20.0. The number of hydrogen-bond acceptors (Lipinski definition) is 4. The Morgan fingerprint density at radius 3 is 2.19 bits per heavy atom. The van der Waals surface area contributed by atoms with Crippen molar-refractivity contribution in [2.75, 3.05) is 17.6 Å². The van der Waals surface area contributed by atoms with Crippen molar-refractivity contribution in [3.05, 3.63) is 64.5 Å². The summed E-state index contributed by atoms with van der Waals surface area (Å²) in [5.74, 6) is 0. The van der Waals surface area contributed by atoms with Crippen LogP contribution in [0.5, 0.6) is 0 Å². The third-order valence-corrected chi connectivity index (χ3v) is 5.89. The fourth-order valence-corrected chi connectivity index (χ4v) is 3.35. The normalized spacial score (nSPS) is 12.3. The molecule has 1 heterocycles. The largest absolute Gasteiger partial charge is 0.463 e. The van der Waals surface area contributed by atoms with E-state index in [9.17, 15) is 13.2 Å². The Morgan fingerprint density at radius 2 is 1.63 bits per heavy atom. The van der Waals surface area contributed by atoms with Crippen LogP contribution < -0.4 is 9.73 Å². The maximum absolute atomic E-state index is 12.9. The zero-order valence-electron chi connectivity index (χ0n) is 16.1. The van der Waals surface area contributed by atoms with Crippen LogP contribution in [-0.4, -0.2) is 21.7 Å². The number of sulfonamides is 1. The SMILES string of the molecule is CN(c1ccc2c(=O)c(-c3ccc(C(C)(C)C)cc3)coc2c1)S(C)(=O)=O. The van der Waals surface area contributed by atoms with Crippen molar-refractivity contribution in [2.24, 2.45) is 0 Å². The van der Waals surface area contributed by atoms with Crippen molar-refractivity contribution >= 4 is 26.7 Å². The lowest BCUT2D eigenvalue weighted by atomic mass is 9.86. The summed E-state index contributed by atoms with van der Waals surface area (Å²) in [7, 11) is -1.93. The van der Waals surface area contributed by atoms with Crippen molar-refractivity contribution in [3.8, 4) is 11.1 Å². The molecule has 0 fully saturated rings. The van der Waals surface area contributed by atoms with Crippen LogP contribution in [-0.2, 0) is 15.4 Å². The highest BCUT2D eigenvalue weighted by molar-refractivity contribution is 7.92. The molecular weight excluding hydrogens is 362 g/mol. The highest BCUT2D eigenvalue weighted by Gasteiger charge is 2.16. The number of anilines is 1. The molecule has 0 saturated carbocycles. The maximum Gasteiger partial charge on any atom is 0.231 e. The Labute approximate surface area is 159 Å². The first-order chi connectivity index (χ1) is 12.5. The second-order valence-corrected chi connectivity index (χ2v) is 9.73. The van der Waals surface area contributed by atoms with E-state index in [2.05, 4.69) is 20.8 Å². The highest BCUT2D eigenvalue weighted by atomic mass is 32.2. The Hall–Kier alpha value is -2.60. The van der Waals surface area contributed by atoms with Gasteiger partial charge in [-0.2, -0.15) is 0 Å². The summed E-state index contributed by atoms with van der Waals surface area (Å²) in [6.45, 7) is 6.41. The van der Waals surface area contributed by atoms with Gasteiger partial charge in [-0.05, 0) is 28.7 Å². The highest BCUT2D eigenvalue weighted by Crippen LogP contribution is 2.27. The third-order valence-electron chi connectivity index (χ3n) is 4.68. The molecule has 3 aromatic rings. The van der Waals surface area contributed by atoms with E-state index in [1.165, 1.54) is 18.9 Å². The standard InChI is InChI=1S/C21H23NO4S/c1-21(2,3)15-8-6-14(7-9-15)18-13-26-19-12-16(22(4)27(5,24)25)10-11-17(19)20(18)23/h6-13H,1-5H3. The maximum atomic E-state index is 12.9. The van der Waals surface area contributed by atoms with E-state index in [0.29, 0.717) is 22.2 Å². The average molecular weight is 385 g/mol. The summed E-state index contributed by atoms with van der Waals surface area (Å²) in [6, 6.07) is 12.6. The second-order valence-electron chi connectivity index (χ2n) is 7.72. The van der Waals surface area contributed by atoms with Gasteiger partial charge in [-0.15, -0.1) is 0 Å². The van der Waals surface area contributed by atoms with Crippen molar-refractivity contribution in [1.29, 1.82) is 0 Å². The second kappa shape index (κ2) is 6.53. The fraction of sp³-hybridized carbons (Fsp3) is 0.286. The van der Waals surface area contributed by atoms with Crippen LogP contribution in [0, 0.1) is 0 Å².